The van der Waals surface area contributed by atoms with Gasteiger partial charge in [0, 0.05) is 31.9 Å². The Labute approximate surface area is 394 Å². The Morgan fingerprint density at radius 2 is 0.970 bits per heavy atom. The van der Waals surface area contributed by atoms with Crippen LogP contribution in [0.4, 0.5) is 9.59 Å². The number of carbonyl (C=O) groups excluding carboxylic acids is 6. The van der Waals surface area contributed by atoms with E-state index in [0.29, 0.717) is 38.8 Å². The van der Waals surface area contributed by atoms with Gasteiger partial charge in [0.1, 0.15) is 24.2 Å². The van der Waals surface area contributed by atoms with Crippen LogP contribution in [0.25, 0.3) is 28.2 Å². The van der Waals surface area contributed by atoms with Crippen LogP contribution < -0.4 is 21.3 Å². The standard InChI is InChI=1S/C52H67N7O8/c1-32(2)44(55-50(64)66-8)48(62)57-28-10-12-42(57)46(60)53-30-34-14-18-36(19-15-34)40-26-27-41(59(40)39-24-22-38(23-25-39)52(5,6)7)37-20-16-35(17-21-37)31-54-47(61)43-13-11-29-58(43)49(63)45(33(3)4)56-51(65)67-9/h14-27,32-33,42-45H,10-13,28-31H2,1-9H3,(H,53,60)(H,54,61)(H,55,64)(H,56,65)/t42-,43-,44-,45-/m0/s1. The third kappa shape index (κ3) is 11.9. The first-order valence-electron chi connectivity index (χ1n) is 23.3. The van der Waals surface area contributed by atoms with Crippen LogP contribution in [0.5, 0.6) is 0 Å². The molecule has 3 aromatic carbocycles. The van der Waals surface area contributed by atoms with E-state index in [1.165, 1.54) is 19.8 Å². The predicted molar refractivity (Wildman–Crippen MR) is 257 cm³/mol. The average Bonchev–Trinajstić information content (AvgIpc) is 4.11. The number of methoxy groups -OCH3 is 2. The fraction of sp³-hybridized carbons (Fsp3) is 0.462. The lowest BCUT2D eigenvalue weighted by molar-refractivity contribution is -0.140. The van der Waals surface area contributed by atoms with Crippen LogP contribution in [0.15, 0.2) is 84.9 Å². The molecule has 1 aromatic heterocycles. The van der Waals surface area contributed by atoms with Crippen LogP contribution in [0.3, 0.4) is 0 Å². The Morgan fingerprint density at radius 3 is 1.31 bits per heavy atom. The van der Waals surface area contributed by atoms with Crippen LogP contribution in [-0.4, -0.2) is 102 Å². The summed E-state index contributed by atoms with van der Waals surface area (Å²) in [6, 6.07) is 26.1. The molecule has 6 rings (SSSR count). The number of hydrogen-bond donors (Lipinski definition) is 4. The van der Waals surface area contributed by atoms with Gasteiger partial charge in [0.05, 0.1) is 25.6 Å². The highest BCUT2D eigenvalue weighted by Gasteiger charge is 2.40. The summed E-state index contributed by atoms with van der Waals surface area (Å²) in [4.78, 5) is 81.1. The molecule has 3 heterocycles. The van der Waals surface area contributed by atoms with Crippen LogP contribution >= 0.6 is 0 Å². The van der Waals surface area contributed by atoms with E-state index in [4.69, 9.17) is 9.47 Å². The van der Waals surface area contributed by atoms with E-state index in [1.807, 2.05) is 76.2 Å². The summed E-state index contributed by atoms with van der Waals surface area (Å²) >= 11 is 0. The number of benzene rings is 3. The normalized spacial score (nSPS) is 16.9. The molecule has 15 nitrogen and oxygen atoms in total. The number of hydrogen-bond acceptors (Lipinski definition) is 8. The first kappa shape index (κ1) is 49.8. The molecular weight excluding hydrogens is 851 g/mol. The molecular formula is C52H67N7O8. The molecule has 2 aliphatic heterocycles. The largest absolute Gasteiger partial charge is 0.453 e. The molecule has 0 aliphatic carbocycles. The van der Waals surface area contributed by atoms with E-state index in [-0.39, 0.29) is 54.0 Å². The molecule has 2 fully saturated rings. The van der Waals surface area contributed by atoms with Crippen molar-refractivity contribution in [3.05, 3.63) is 102 Å². The van der Waals surface area contributed by atoms with Crippen molar-refractivity contribution in [1.82, 2.24) is 35.6 Å². The lowest BCUT2D eigenvalue weighted by atomic mass is 9.87. The Bertz CT molecular complexity index is 2250. The number of aromatic nitrogens is 1. The zero-order chi connectivity index (χ0) is 48.6. The monoisotopic (exact) mass is 918 g/mol. The van der Waals surface area contributed by atoms with Gasteiger partial charge in [-0.15, -0.1) is 0 Å². The lowest BCUT2D eigenvalue weighted by Gasteiger charge is -2.30. The van der Waals surface area contributed by atoms with Crippen LogP contribution in [0, 0.1) is 11.8 Å². The predicted octanol–water partition coefficient (Wildman–Crippen LogP) is 7.08. The Hall–Kier alpha value is -6.64. The summed E-state index contributed by atoms with van der Waals surface area (Å²) in [5.74, 6) is -1.46. The highest BCUT2D eigenvalue weighted by Crippen LogP contribution is 2.34. The summed E-state index contributed by atoms with van der Waals surface area (Å²) in [6.07, 6.45) is 1.07. The maximum Gasteiger partial charge on any atom is 0.407 e. The summed E-state index contributed by atoms with van der Waals surface area (Å²) in [5.41, 5.74) is 7.89. The molecule has 67 heavy (non-hydrogen) atoms. The van der Waals surface area contributed by atoms with Crippen molar-refractivity contribution in [3.63, 3.8) is 0 Å². The average molecular weight is 918 g/mol. The van der Waals surface area contributed by atoms with Crippen molar-refractivity contribution in [2.45, 2.75) is 117 Å². The number of alkyl carbamates (subject to hydrolysis) is 2. The zero-order valence-electron chi connectivity index (χ0n) is 40.3. The van der Waals surface area contributed by atoms with Crippen molar-refractivity contribution in [2.75, 3.05) is 27.3 Å². The molecule has 15 heteroatoms. The first-order valence-corrected chi connectivity index (χ1v) is 23.3. The molecule has 4 atom stereocenters. The highest BCUT2D eigenvalue weighted by atomic mass is 16.5. The highest BCUT2D eigenvalue weighted by molar-refractivity contribution is 5.93. The number of nitrogens with zero attached hydrogens (tertiary/aromatic N) is 3. The zero-order valence-corrected chi connectivity index (χ0v) is 40.3. The second-order valence-corrected chi connectivity index (χ2v) is 19.2. The second-order valence-electron chi connectivity index (χ2n) is 19.2. The van der Waals surface area contributed by atoms with Crippen molar-refractivity contribution in [3.8, 4) is 28.2 Å². The molecule has 4 aromatic rings. The van der Waals surface area contributed by atoms with Crippen molar-refractivity contribution >= 4 is 35.8 Å². The third-order valence-corrected chi connectivity index (χ3v) is 12.8. The van der Waals surface area contributed by atoms with E-state index in [9.17, 15) is 28.8 Å². The SMILES string of the molecule is COC(=O)N[C@H](C(=O)N1CCC[C@H]1C(=O)NCc1ccc(-c2ccc(-c3ccc(CNC(=O)[C@@H]4CCCN4C(=O)[C@@H](NC(=O)OC)C(C)C)cc3)n2-c2ccc(C(C)(C)C)cc2)cc1)C(C)C. The molecule has 2 aliphatic rings. The van der Waals surface area contributed by atoms with Gasteiger partial charge in [-0.3, -0.25) is 19.2 Å². The van der Waals surface area contributed by atoms with Gasteiger partial charge in [0.15, 0.2) is 0 Å². The summed E-state index contributed by atoms with van der Waals surface area (Å²) in [6.45, 7) is 15.4. The fourth-order valence-corrected chi connectivity index (χ4v) is 8.84. The summed E-state index contributed by atoms with van der Waals surface area (Å²) < 4.78 is 11.7. The minimum Gasteiger partial charge on any atom is -0.453 e. The maximum atomic E-state index is 13.5. The van der Waals surface area contributed by atoms with E-state index in [1.54, 1.807) is 9.80 Å². The summed E-state index contributed by atoms with van der Waals surface area (Å²) in [5, 5.41) is 11.3. The maximum absolute atomic E-state index is 13.5. The lowest BCUT2D eigenvalue weighted by Crippen LogP contribution is -2.55. The topological polar surface area (TPSA) is 180 Å². The van der Waals surface area contributed by atoms with E-state index >= 15 is 0 Å². The number of carbonyl (C=O) groups is 6. The van der Waals surface area contributed by atoms with Crippen molar-refractivity contribution in [1.29, 1.82) is 0 Å². The smallest absolute Gasteiger partial charge is 0.407 e. The van der Waals surface area contributed by atoms with E-state index < -0.39 is 36.4 Å². The van der Waals surface area contributed by atoms with Gasteiger partial charge in [-0.2, -0.15) is 0 Å². The first-order chi connectivity index (χ1) is 31.9. The number of amides is 6. The molecule has 0 bridgehead atoms. The van der Waals surface area contributed by atoms with Crippen molar-refractivity contribution < 1.29 is 38.2 Å². The van der Waals surface area contributed by atoms with Gasteiger partial charge >= 0.3 is 12.2 Å². The van der Waals surface area contributed by atoms with Crippen LogP contribution in [-0.2, 0) is 47.2 Å². The van der Waals surface area contributed by atoms with Gasteiger partial charge in [0.2, 0.25) is 23.6 Å². The van der Waals surface area contributed by atoms with Gasteiger partial charge in [-0.1, -0.05) is 109 Å². The van der Waals surface area contributed by atoms with Gasteiger partial charge in [-0.25, -0.2) is 9.59 Å². The quantitative estimate of drug-likeness (QED) is 0.0977. The molecule has 0 spiro atoms. The van der Waals surface area contributed by atoms with Crippen LogP contribution in [0.2, 0.25) is 0 Å². The van der Waals surface area contributed by atoms with Gasteiger partial charge in [0.25, 0.3) is 0 Å². The molecule has 2 saturated heterocycles. The van der Waals surface area contributed by atoms with Crippen molar-refractivity contribution in [2.24, 2.45) is 11.8 Å². The molecule has 0 saturated carbocycles. The molecule has 358 valence electrons. The molecule has 6 amide bonds. The minimum atomic E-state index is -0.804. The molecule has 0 unspecified atom stereocenters. The molecule has 4 N–H and O–H groups in total. The number of nitrogens with one attached hydrogen (secondary N) is 4. The Morgan fingerprint density at radius 1 is 0.582 bits per heavy atom. The third-order valence-electron chi connectivity index (χ3n) is 12.8. The van der Waals surface area contributed by atoms with Crippen LogP contribution in [0.1, 0.15) is 90.8 Å². The molecule has 0 radical (unpaired) electrons. The van der Waals surface area contributed by atoms with Gasteiger partial charge in [-0.05, 0) is 95.0 Å². The Balaban J connectivity index is 1.16. The van der Waals surface area contributed by atoms with E-state index in [0.717, 1.165) is 39.3 Å². The minimum absolute atomic E-state index is 0.0229. The Kier molecular flexibility index (Phi) is 16.2. The number of ether oxygens (including phenoxy) is 2. The van der Waals surface area contributed by atoms with E-state index in [2.05, 4.69) is 83.0 Å². The number of likely N-dealkylation sites (tertiary alicyclic amines) is 2. The summed E-state index contributed by atoms with van der Waals surface area (Å²) in [7, 11) is 2.50. The fourth-order valence-electron chi connectivity index (χ4n) is 8.84. The second kappa shape index (κ2) is 21.8. The van der Waals surface area contributed by atoms with Gasteiger partial charge < -0.3 is 45.1 Å². The number of rotatable bonds is 15.